The number of hydrogen-bond donors (Lipinski definition) is 0. The predicted molar refractivity (Wildman–Crippen MR) is 164 cm³/mol. The molecule has 1 aliphatic rings. The highest BCUT2D eigenvalue weighted by Gasteiger charge is 2.36. The second-order valence-electron chi connectivity index (χ2n) is 8.04. The molecular weight excluding hydrogens is 781 g/mol. The summed E-state index contributed by atoms with van der Waals surface area (Å²) in [5, 5.41) is 0. The zero-order valence-corrected chi connectivity index (χ0v) is 25.5. The minimum Gasteiger partial charge on any atom is -0.455 e. The predicted octanol–water partition coefficient (Wildman–Crippen LogP) is 8.79. The van der Waals surface area contributed by atoms with Crippen LogP contribution in [-0.4, -0.2) is 6.29 Å². The Bertz CT molecular complexity index is 1180. The maximum absolute atomic E-state index is 6.44. The minimum atomic E-state index is -0.269. The maximum Gasteiger partial charge on any atom is 0.244 e. The highest BCUT2D eigenvalue weighted by molar-refractivity contribution is 14.1. The van der Waals surface area contributed by atoms with Crippen LogP contribution in [0.2, 0.25) is 0 Å². The Kier molecular flexibility index (Phi) is 8.27. The fourth-order valence-corrected chi connectivity index (χ4v) is 9.57. The molecule has 0 bridgehead atoms. The molecule has 0 aromatic heterocycles. The van der Waals surface area contributed by atoms with Crippen LogP contribution in [0.1, 0.15) is 12.8 Å². The smallest absolute Gasteiger partial charge is 0.244 e. The van der Waals surface area contributed by atoms with Gasteiger partial charge >= 0.3 is 0 Å². The molecule has 1 atom stereocenters. The van der Waals surface area contributed by atoms with E-state index < -0.39 is 0 Å². The van der Waals surface area contributed by atoms with E-state index in [1.54, 1.807) is 0 Å². The molecule has 0 N–H and O–H groups in total. The van der Waals surface area contributed by atoms with Gasteiger partial charge in [-0.25, -0.2) is 0 Å². The van der Waals surface area contributed by atoms with Crippen molar-refractivity contribution in [1.29, 1.82) is 0 Å². The van der Waals surface area contributed by atoms with Gasteiger partial charge in [0.2, 0.25) is 6.29 Å². The lowest BCUT2D eigenvalue weighted by Crippen LogP contribution is -2.27. The normalized spacial score (nSPS) is 14.1. The molecule has 1 fully saturated rings. The SMILES string of the molecule is Ic1cc(I)c(OC(Oc2ccc([S+](c3ccccc3)c3ccccc3)cc2)C2CC2)c(I)c1. The van der Waals surface area contributed by atoms with Gasteiger partial charge in [0.1, 0.15) is 5.75 Å². The average Bonchev–Trinajstić information content (AvgIpc) is 3.69. The number of hydrogen-bond acceptors (Lipinski definition) is 2. The lowest BCUT2D eigenvalue weighted by Gasteiger charge is -2.22. The molecule has 6 heteroatoms. The highest BCUT2D eigenvalue weighted by Crippen LogP contribution is 2.39. The van der Waals surface area contributed by atoms with Gasteiger partial charge in [-0.1, -0.05) is 36.4 Å². The first kappa shape index (κ1) is 24.7. The molecule has 34 heavy (non-hydrogen) atoms. The van der Waals surface area contributed by atoms with Crippen molar-refractivity contribution in [2.75, 3.05) is 0 Å². The molecule has 1 saturated carbocycles. The minimum absolute atomic E-state index is 0.161. The molecule has 2 nitrogen and oxygen atoms in total. The van der Waals surface area contributed by atoms with Crippen molar-refractivity contribution in [1.82, 2.24) is 0 Å². The molecular formula is C28H22I3O2S+. The molecule has 5 rings (SSSR count). The van der Waals surface area contributed by atoms with E-state index in [1.165, 1.54) is 18.3 Å². The summed E-state index contributed by atoms with van der Waals surface area (Å²) in [4.78, 5) is 3.89. The summed E-state index contributed by atoms with van der Waals surface area (Å²) in [6.07, 6.45) is 2.02. The zero-order chi connectivity index (χ0) is 23.5. The zero-order valence-electron chi connectivity index (χ0n) is 18.2. The maximum atomic E-state index is 6.44. The number of rotatable bonds is 8. The van der Waals surface area contributed by atoms with Crippen LogP contribution in [0.4, 0.5) is 0 Å². The Hall–Kier alpha value is -0.980. The number of halogens is 3. The molecule has 0 heterocycles. The highest BCUT2D eigenvalue weighted by atomic mass is 127. The van der Waals surface area contributed by atoms with Crippen molar-refractivity contribution < 1.29 is 9.47 Å². The van der Waals surface area contributed by atoms with E-state index in [0.717, 1.165) is 31.5 Å². The van der Waals surface area contributed by atoms with Crippen LogP contribution in [-0.2, 0) is 10.9 Å². The molecule has 172 valence electrons. The molecule has 0 amide bonds. The third-order valence-corrected chi connectivity index (χ3v) is 9.93. The molecule has 1 unspecified atom stereocenters. The van der Waals surface area contributed by atoms with Gasteiger partial charge < -0.3 is 9.47 Å². The van der Waals surface area contributed by atoms with E-state index in [9.17, 15) is 0 Å². The van der Waals surface area contributed by atoms with Crippen LogP contribution in [0.15, 0.2) is 112 Å². The van der Waals surface area contributed by atoms with Crippen LogP contribution in [0.5, 0.6) is 11.5 Å². The van der Waals surface area contributed by atoms with Gasteiger partial charge in [0.05, 0.1) is 18.0 Å². The lowest BCUT2D eigenvalue weighted by atomic mass is 10.3. The molecule has 0 saturated heterocycles. The Morgan fingerprint density at radius 3 is 1.65 bits per heavy atom. The van der Waals surface area contributed by atoms with Gasteiger partial charge in [-0.05, 0) is 141 Å². The van der Waals surface area contributed by atoms with Crippen molar-refractivity contribution in [2.24, 2.45) is 5.92 Å². The second-order valence-corrected chi connectivity index (χ2v) is 13.6. The van der Waals surface area contributed by atoms with Gasteiger partial charge in [-0.15, -0.1) is 0 Å². The van der Waals surface area contributed by atoms with Gasteiger partial charge in [0, 0.05) is 9.49 Å². The van der Waals surface area contributed by atoms with E-state index in [4.69, 9.17) is 9.47 Å². The number of ether oxygens (including phenoxy) is 2. The Labute approximate surface area is 244 Å². The third-order valence-electron chi connectivity index (χ3n) is 5.47. The second kappa shape index (κ2) is 11.4. The fourth-order valence-electron chi connectivity index (χ4n) is 3.65. The fraction of sp³-hybridized carbons (Fsp3) is 0.143. The van der Waals surface area contributed by atoms with E-state index in [-0.39, 0.29) is 17.2 Å². The van der Waals surface area contributed by atoms with Gasteiger partial charge in [0.25, 0.3) is 0 Å². The summed E-state index contributed by atoms with van der Waals surface area (Å²) in [6.45, 7) is 0. The first-order valence-corrected chi connectivity index (χ1v) is 15.5. The van der Waals surface area contributed by atoms with Crippen LogP contribution < -0.4 is 9.47 Å². The summed E-state index contributed by atoms with van der Waals surface area (Å²) in [7, 11) is -0.161. The lowest BCUT2D eigenvalue weighted by molar-refractivity contribution is -0.0132. The van der Waals surface area contributed by atoms with Gasteiger partial charge in [0.15, 0.2) is 20.4 Å². The van der Waals surface area contributed by atoms with Crippen molar-refractivity contribution in [3.05, 3.63) is 108 Å². The quantitative estimate of drug-likeness (QED) is 0.101. The molecule has 4 aromatic carbocycles. The molecule has 0 aliphatic heterocycles. The summed E-state index contributed by atoms with van der Waals surface area (Å²) in [5.41, 5.74) is 0. The van der Waals surface area contributed by atoms with Crippen LogP contribution in [0, 0.1) is 16.6 Å². The van der Waals surface area contributed by atoms with Gasteiger partial charge in [-0.3, -0.25) is 0 Å². The molecule has 4 aromatic rings. The molecule has 0 radical (unpaired) electrons. The summed E-state index contributed by atoms with van der Waals surface area (Å²) >= 11 is 7.05. The Morgan fingerprint density at radius 2 is 1.15 bits per heavy atom. The van der Waals surface area contributed by atoms with E-state index in [1.807, 2.05) is 0 Å². The largest absolute Gasteiger partial charge is 0.455 e. The molecule has 0 spiro atoms. The first-order valence-electron chi connectivity index (χ1n) is 11.0. The summed E-state index contributed by atoms with van der Waals surface area (Å²) < 4.78 is 16.3. The van der Waals surface area contributed by atoms with E-state index in [0.29, 0.717) is 5.92 Å². The van der Waals surface area contributed by atoms with Crippen molar-refractivity contribution >= 4 is 78.7 Å². The van der Waals surface area contributed by atoms with Crippen LogP contribution >= 0.6 is 67.8 Å². The van der Waals surface area contributed by atoms with Gasteiger partial charge in [-0.2, -0.15) is 0 Å². The Morgan fingerprint density at radius 1 is 0.647 bits per heavy atom. The van der Waals surface area contributed by atoms with Crippen molar-refractivity contribution in [3.8, 4) is 11.5 Å². The van der Waals surface area contributed by atoms with Crippen molar-refractivity contribution in [2.45, 2.75) is 33.8 Å². The van der Waals surface area contributed by atoms with E-state index >= 15 is 0 Å². The van der Waals surface area contributed by atoms with Crippen LogP contribution in [0.3, 0.4) is 0 Å². The third kappa shape index (κ3) is 6.04. The monoisotopic (exact) mass is 803 g/mol. The van der Waals surface area contributed by atoms with Crippen LogP contribution in [0.25, 0.3) is 0 Å². The number of benzene rings is 4. The first-order chi connectivity index (χ1) is 16.6. The Balaban J connectivity index is 1.38. The van der Waals surface area contributed by atoms with Crippen molar-refractivity contribution in [3.63, 3.8) is 0 Å². The standard InChI is InChI=1S/C28H22I3O2S/c29-20-17-25(30)27(26(31)18-20)33-28(19-11-12-19)32-21-13-15-24(16-14-21)34(22-7-3-1-4-8-22)23-9-5-2-6-10-23/h1-10,13-19,28H,11-12H2/q+1. The average molecular weight is 803 g/mol. The topological polar surface area (TPSA) is 18.5 Å². The molecule has 1 aliphatic carbocycles. The summed E-state index contributed by atoms with van der Waals surface area (Å²) in [5.74, 6) is 2.21. The van der Waals surface area contributed by atoms with E-state index in [2.05, 4.69) is 165 Å². The summed E-state index contributed by atoms with van der Waals surface area (Å²) in [6, 6.07) is 34.3.